The first kappa shape index (κ1) is 15.1. The molecule has 0 bridgehead atoms. The molecule has 2 aliphatic rings. The van der Waals surface area contributed by atoms with Gasteiger partial charge in [-0.1, -0.05) is 24.8 Å². The van der Waals surface area contributed by atoms with Crippen LogP contribution in [0.4, 0.5) is 5.69 Å². The summed E-state index contributed by atoms with van der Waals surface area (Å²) in [6, 6.07) is 7.62. The first-order valence-electron chi connectivity index (χ1n) is 7.55. The number of hydrogen-bond donors (Lipinski definition) is 0. The van der Waals surface area contributed by atoms with Crippen LogP contribution in [0.1, 0.15) is 18.4 Å². The van der Waals surface area contributed by atoms with Crippen LogP contribution in [0.15, 0.2) is 36.9 Å². The van der Waals surface area contributed by atoms with Gasteiger partial charge in [-0.15, -0.1) is 0 Å². The number of amides is 1. The normalized spacial score (nSPS) is 21.5. The first-order valence-corrected chi connectivity index (χ1v) is 9.05. The minimum atomic E-state index is -3.44. The highest BCUT2D eigenvalue weighted by molar-refractivity contribution is 7.93. The van der Waals surface area contributed by atoms with Crippen molar-refractivity contribution in [2.24, 2.45) is 0 Å². The van der Waals surface area contributed by atoms with E-state index < -0.39 is 15.3 Å². The summed E-state index contributed by atoms with van der Waals surface area (Å²) >= 11 is 0. The molecular weight excluding hydrogens is 300 g/mol. The topological polar surface area (TPSA) is 57.7 Å². The molecule has 0 aliphatic carbocycles. The number of nitrogens with zero attached hydrogens (tertiary/aromatic N) is 2. The third-order valence-electron chi connectivity index (χ3n) is 4.44. The zero-order chi connectivity index (χ0) is 15.7. The van der Waals surface area contributed by atoms with Crippen LogP contribution in [0.3, 0.4) is 0 Å². The molecule has 0 N–H and O–H groups in total. The number of fused-ring (bicyclic) bond motifs is 1. The van der Waals surface area contributed by atoms with Crippen molar-refractivity contribution in [2.45, 2.75) is 24.5 Å². The van der Waals surface area contributed by atoms with Crippen LogP contribution in [0.25, 0.3) is 0 Å². The van der Waals surface area contributed by atoms with Gasteiger partial charge in [-0.25, -0.2) is 8.42 Å². The number of hydrogen-bond acceptors (Lipinski definition) is 3. The van der Waals surface area contributed by atoms with E-state index in [1.165, 1.54) is 10.4 Å². The smallest absolute Gasteiger partial charge is 0.245 e. The van der Waals surface area contributed by atoms with Gasteiger partial charge in [-0.05, 0) is 37.0 Å². The second-order valence-electron chi connectivity index (χ2n) is 5.75. The Labute approximate surface area is 131 Å². The second kappa shape index (κ2) is 5.76. The van der Waals surface area contributed by atoms with E-state index in [1.54, 1.807) is 4.90 Å². The van der Waals surface area contributed by atoms with Gasteiger partial charge < -0.3 is 4.90 Å². The number of carbonyl (C=O) groups is 1. The Morgan fingerprint density at radius 2 is 2.05 bits per heavy atom. The average molecular weight is 320 g/mol. The monoisotopic (exact) mass is 320 g/mol. The van der Waals surface area contributed by atoms with Crippen LogP contribution >= 0.6 is 0 Å². The van der Waals surface area contributed by atoms with Crippen LogP contribution in [0, 0.1) is 0 Å². The Hall–Kier alpha value is -1.82. The summed E-state index contributed by atoms with van der Waals surface area (Å²) in [6.45, 7) is 4.83. The molecule has 2 heterocycles. The lowest BCUT2D eigenvalue weighted by atomic mass is 10.1. The van der Waals surface area contributed by atoms with E-state index in [9.17, 15) is 13.2 Å². The van der Waals surface area contributed by atoms with Crippen molar-refractivity contribution in [2.75, 3.05) is 23.9 Å². The summed E-state index contributed by atoms with van der Waals surface area (Å²) in [4.78, 5) is 13.3. The summed E-state index contributed by atoms with van der Waals surface area (Å²) in [7, 11) is -3.44. The highest BCUT2D eigenvalue weighted by Crippen LogP contribution is 2.33. The van der Waals surface area contributed by atoms with E-state index in [0.717, 1.165) is 17.7 Å². The van der Waals surface area contributed by atoms with Crippen LogP contribution in [-0.2, 0) is 21.2 Å². The SMILES string of the molecule is C=CC(=O)N1CCCC(S(=O)(=O)N2CCc3ccccc32)C1. The van der Waals surface area contributed by atoms with Gasteiger partial charge in [0.05, 0.1) is 10.9 Å². The van der Waals surface area contributed by atoms with E-state index in [-0.39, 0.29) is 12.5 Å². The van der Waals surface area contributed by atoms with Crippen molar-refractivity contribution >= 4 is 21.6 Å². The van der Waals surface area contributed by atoms with Gasteiger partial charge in [0.15, 0.2) is 0 Å². The molecular formula is C16H20N2O3S. The van der Waals surface area contributed by atoms with Crippen molar-refractivity contribution in [3.05, 3.63) is 42.5 Å². The number of carbonyl (C=O) groups excluding carboxylic acids is 1. The van der Waals surface area contributed by atoms with Crippen LogP contribution in [0.5, 0.6) is 0 Å². The maximum Gasteiger partial charge on any atom is 0.245 e. The molecule has 118 valence electrons. The minimum Gasteiger partial charge on any atom is -0.338 e. The fraction of sp³-hybridized carbons (Fsp3) is 0.438. The van der Waals surface area contributed by atoms with Gasteiger partial charge in [0, 0.05) is 19.6 Å². The third-order valence-corrected chi connectivity index (χ3v) is 6.66. The first-order chi connectivity index (χ1) is 10.5. The van der Waals surface area contributed by atoms with Crippen LogP contribution < -0.4 is 4.31 Å². The van der Waals surface area contributed by atoms with Crippen molar-refractivity contribution < 1.29 is 13.2 Å². The van der Waals surface area contributed by atoms with Crippen molar-refractivity contribution in [1.29, 1.82) is 0 Å². The van der Waals surface area contributed by atoms with Gasteiger partial charge in [-0.3, -0.25) is 9.10 Å². The zero-order valence-corrected chi connectivity index (χ0v) is 13.3. The Morgan fingerprint density at radius 3 is 2.82 bits per heavy atom. The molecule has 5 nitrogen and oxygen atoms in total. The highest BCUT2D eigenvalue weighted by Gasteiger charge is 2.38. The van der Waals surface area contributed by atoms with Crippen LogP contribution in [-0.4, -0.2) is 44.1 Å². The lowest BCUT2D eigenvalue weighted by molar-refractivity contribution is -0.126. The number of likely N-dealkylation sites (tertiary alicyclic amines) is 1. The summed E-state index contributed by atoms with van der Waals surface area (Å²) in [5.74, 6) is -0.193. The lowest BCUT2D eigenvalue weighted by Gasteiger charge is -2.34. The number of piperidine rings is 1. The molecule has 1 saturated heterocycles. The molecule has 22 heavy (non-hydrogen) atoms. The summed E-state index contributed by atoms with van der Waals surface area (Å²) in [5.41, 5.74) is 1.86. The molecule has 1 aromatic rings. The Morgan fingerprint density at radius 1 is 1.27 bits per heavy atom. The van der Waals surface area contributed by atoms with E-state index in [4.69, 9.17) is 0 Å². The number of benzene rings is 1. The fourth-order valence-electron chi connectivity index (χ4n) is 3.26. The number of rotatable bonds is 3. The maximum absolute atomic E-state index is 13.0. The van der Waals surface area contributed by atoms with E-state index in [0.29, 0.717) is 25.9 Å². The average Bonchev–Trinajstić information content (AvgIpc) is 2.99. The van der Waals surface area contributed by atoms with E-state index in [1.807, 2.05) is 24.3 Å². The molecule has 1 aromatic carbocycles. The molecule has 0 aromatic heterocycles. The number of para-hydroxylation sites is 1. The standard InChI is InChI=1S/C16H20N2O3S/c1-2-16(19)17-10-5-7-14(12-17)22(20,21)18-11-9-13-6-3-4-8-15(13)18/h2-4,6,8,14H,1,5,7,9-12H2. The largest absolute Gasteiger partial charge is 0.338 e. The molecule has 0 spiro atoms. The minimum absolute atomic E-state index is 0.193. The predicted octanol–water partition coefficient (Wildman–Crippen LogP) is 1.56. The quantitative estimate of drug-likeness (QED) is 0.794. The molecule has 0 saturated carbocycles. The van der Waals surface area contributed by atoms with Crippen LogP contribution in [0.2, 0.25) is 0 Å². The molecule has 2 aliphatic heterocycles. The summed E-state index contributed by atoms with van der Waals surface area (Å²) in [6.07, 6.45) is 3.30. The predicted molar refractivity (Wildman–Crippen MR) is 86.2 cm³/mol. The Balaban J connectivity index is 1.85. The van der Waals surface area contributed by atoms with E-state index in [2.05, 4.69) is 6.58 Å². The molecule has 3 rings (SSSR count). The van der Waals surface area contributed by atoms with Gasteiger partial charge >= 0.3 is 0 Å². The Bertz CT molecular complexity index is 699. The maximum atomic E-state index is 13.0. The molecule has 6 heteroatoms. The molecule has 1 amide bonds. The third kappa shape index (κ3) is 2.52. The number of anilines is 1. The molecule has 1 unspecified atom stereocenters. The number of sulfonamides is 1. The fourth-order valence-corrected chi connectivity index (χ4v) is 5.25. The van der Waals surface area contributed by atoms with Crippen molar-refractivity contribution in [3.8, 4) is 0 Å². The van der Waals surface area contributed by atoms with Gasteiger partial charge in [0.2, 0.25) is 15.9 Å². The molecule has 1 fully saturated rings. The molecule has 0 radical (unpaired) electrons. The van der Waals surface area contributed by atoms with Crippen molar-refractivity contribution in [3.63, 3.8) is 0 Å². The van der Waals surface area contributed by atoms with E-state index >= 15 is 0 Å². The van der Waals surface area contributed by atoms with Gasteiger partial charge in [0.1, 0.15) is 0 Å². The van der Waals surface area contributed by atoms with Crippen molar-refractivity contribution in [1.82, 2.24) is 4.90 Å². The van der Waals surface area contributed by atoms with Gasteiger partial charge in [0.25, 0.3) is 0 Å². The van der Waals surface area contributed by atoms with Gasteiger partial charge in [-0.2, -0.15) is 0 Å². The Kier molecular flexibility index (Phi) is 3.95. The summed E-state index contributed by atoms with van der Waals surface area (Å²) in [5, 5.41) is -0.531. The zero-order valence-electron chi connectivity index (χ0n) is 12.4. The molecule has 1 atom stereocenters. The second-order valence-corrected chi connectivity index (χ2v) is 7.89. The highest BCUT2D eigenvalue weighted by atomic mass is 32.2. The lowest BCUT2D eigenvalue weighted by Crippen LogP contribution is -2.49. The summed E-state index contributed by atoms with van der Waals surface area (Å²) < 4.78 is 27.5.